The second-order valence-corrected chi connectivity index (χ2v) is 9.32. The largest absolute Gasteiger partial charge is 0.329 e. The maximum Gasteiger partial charge on any atom is 0.255 e. The summed E-state index contributed by atoms with van der Waals surface area (Å²) in [6.07, 6.45) is 8.91. The van der Waals surface area contributed by atoms with Gasteiger partial charge in [0.25, 0.3) is 5.56 Å². The highest BCUT2D eigenvalue weighted by Gasteiger charge is 2.28. The maximum absolute atomic E-state index is 13.2. The lowest BCUT2D eigenvalue weighted by atomic mass is 9.91. The quantitative estimate of drug-likeness (QED) is 0.628. The van der Waals surface area contributed by atoms with E-state index in [4.69, 9.17) is 0 Å². The van der Waals surface area contributed by atoms with Crippen LogP contribution in [-0.4, -0.2) is 34.2 Å². The fourth-order valence-electron chi connectivity index (χ4n) is 4.16. The van der Waals surface area contributed by atoms with Crippen molar-refractivity contribution >= 4 is 10.0 Å². The Morgan fingerprint density at radius 1 is 1.20 bits per heavy atom. The van der Waals surface area contributed by atoms with Gasteiger partial charge in [-0.15, -0.1) is 10.2 Å². The minimum atomic E-state index is -3.68. The van der Waals surface area contributed by atoms with E-state index in [2.05, 4.69) is 19.9 Å². The molecule has 0 saturated heterocycles. The van der Waals surface area contributed by atoms with Crippen LogP contribution in [0.15, 0.2) is 58.9 Å². The number of H-pyrrole nitrogens is 1. The predicted molar refractivity (Wildman–Crippen MR) is 114 cm³/mol. The van der Waals surface area contributed by atoms with Crippen LogP contribution >= 0.6 is 0 Å². The van der Waals surface area contributed by atoms with E-state index in [-0.39, 0.29) is 22.5 Å². The summed E-state index contributed by atoms with van der Waals surface area (Å²) in [7, 11) is -3.68. The van der Waals surface area contributed by atoms with Crippen molar-refractivity contribution in [1.82, 2.24) is 24.5 Å². The molecule has 1 saturated carbocycles. The number of rotatable bonds is 6. The van der Waals surface area contributed by atoms with Crippen LogP contribution in [0.5, 0.6) is 0 Å². The predicted octanol–water partition coefficient (Wildman–Crippen LogP) is 2.66. The SMILES string of the molecule is CCc1cc(-c2ccc[nH]c2=O)ccc1S(=O)(=O)N[C@H]1CCC[C@@H](n2cnnc2)C1. The van der Waals surface area contributed by atoms with Crippen molar-refractivity contribution in [2.24, 2.45) is 0 Å². The van der Waals surface area contributed by atoms with Crippen LogP contribution in [0.1, 0.15) is 44.2 Å². The molecule has 2 atom stereocenters. The molecule has 1 aromatic carbocycles. The summed E-state index contributed by atoms with van der Waals surface area (Å²) in [4.78, 5) is 15.0. The van der Waals surface area contributed by atoms with Gasteiger partial charge in [-0.05, 0) is 67.5 Å². The summed E-state index contributed by atoms with van der Waals surface area (Å²) in [6, 6.07) is 8.62. The number of aromatic amines is 1. The van der Waals surface area contributed by atoms with Crippen LogP contribution in [0.4, 0.5) is 0 Å². The number of nitrogens with zero attached hydrogens (tertiary/aromatic N) is 3. The number of pyridine rings is 1. The first-order chi connectivity index (χ1) is 14.5. The van der Waals surface area contributed by atoms with Gasteiger partial charge in [-0.25, -0.2) is 13.1 Å². The van der Waals surface area contributed by atoms with Gasteiger partial charge in [0.15, 0.2) is 0 Å². The van der Waals surface area contributed by atoms with Gasteiger partial charge in [-0.2, -0.15) is 0 Å². The molecule has 3 aromatic rings. The van der Waals surface area contributed by atoms with E-state index >= 15 is 0 Å². The lowest BCUT2D eigenvalue weighted by molar-refractivity contribution is 0.305. The fraction of sp³-hybridized carbons (Fsp3) is 0.381. The maximum atomic E-state index is 13.2. The van der Waals surface area contributed by atoms with Crippen molar-refractivity contribution in [3.8, 4) is 11.1 Å². The Balaban J connectivity index is 1.58. The summed E-state index contributed by atoms with van der Waals surface area (Å²) in [6.45, 7) is 1.91. The van der Waals surface area contributed by atoms with Crippen LogP contribution in [0.3, 0.4) is 0 Å². The highest BCUT2D eigenvalue weighted by atomic mass is 32.2. The first-order valence-corrected chi connectivity index (χ1v) is 11.6. The molecule has 1 aliphatic rings. The van der Waals surface area contributed by atoms with Gasteiger partial charge in [0.2, 0.25) is 10.0 Å². The molecule has 2 N–H and O–H groups in total. The molecular weight excluding hydrogens is 402 g/mol. The molecule has 2 aromatic heterocycles. The first-order valence-electron chi connectivity index (χ1n) is 10.2. The average Bonchev–Trinajstić information content (AvgIpc) is 3.28. The van der Waals surface area contributed by atoms with E-state index in [1.807, 2.05) is 11.5 Å². The molecular formula is C21H25N5O3S. The van der Waals surface area contributed by atoms with Gasteiger partial charge < -0.3 is 9.55 Å². The standard InChI is InChI=1S/C21H25N5O3S/c1-2-15-11-16(19-7-4-10-22-21(19)27)8-9-20(15)30(28,29)25-17-5-3-6-18(12-17)26-13-23-24-14-26/h4,7-11,13-14,17-18,25H,2-3,5-6,12H2,1H3,(H,22,27)/t17-,18+/m0/s1. The Morgan fingerprint density at radius 3 is 2.73 bits per heavy atom. The third-order valence-corrected chi connectivity index (χ3v) is 7.31. The highest BCUT2D eigenvalue weighted by Crippen LogP contribution is 2.30. The van der Waals surface area contributed by atoms with Gasteiger partial charge >= 0.3 is 0 Å². The van der Waals surface area contributed by atoms with Gasteiger partial charge in [0.1, 0.15) is 12.7 Å². The van der Waals surface area contributed by atoms with Crippen molar-refractivity contribution in [2.45, 2.75) is 56.0 Å². The summed E-state index contributed by atoms with van der Waals surface area (Å²) >= 11 is 0. The Bertz CT molecular complexity index is 1170. The second-order valence-electron chi connectivity index (χ2n) is 7.64. The molecule has 1 aliphatic carbocycles. The minimum Gasteiger partial charge on any atom is -0.329 e. The van der Waals surface area contributed by atoms with Crippen LogP contribution in [-0.2, 0) is 16.4 Å². The molecule has 0 spiro atoms. The Labute approximate surface area is 175 Å². The minimum absolute atomic E-state index is 0.141. The summed E-state index contributed by atoms with van der Waals surface area (Å²) in [5.41, 5.74) is 1.72. The van der Waals surface area contributed by atoms with E-state index in [1.165, 1.54) is 0 Å². The normalized spacial score (nSPS) is 19.6. The molecule has 9 heteroatoms. The van der Waals surface area contributed by atoms with Crippen molar-refractivity contribution in [3.05, 3.63) is 65.1 Å². The van der Waals surface area contributed by atoms with Crippen LogP contribution in [0.2, 0.25) is 0 Å². The zero-order chi connectivity index (χ0) is 21.1. The zero-order valence-corrected chi connectivity index (χ0v) is 17.6. The Morgan fingerprint density at radius 2 is 2.00 bits per heavy atom. The topological polar surface area (TPSA) is 110 Å². The number of sulfonamides is 1. The first kappa shape index (κ1) is 20.5. The molecule has 1 fully saturated rings. The summed E-state index contributed by atoms with van der Waals surface area (Å²) in [5.74, 6) is 0. The molecule has 0 unspecified atom stereocenters. The molecule has 30 heavy (non-hydrogen) atoms. The second kappa shape index (κ2) is 8.53. The lowest BCUT2D eigenvalue weighted by Crippen LogP contribution is -2.39. The van der Waals surface area contributed by atoms with Crippen molar-refractivity contribution in [1.29, 1.82) is 0 Å². The Hall–Kier alpha value is -2.78. The number of aryl methyl sites for hydroxylation is 1. The molecule has 2 heterocycles. The summed E-state index contributed by atoms with van der Waals surface area (Å²) in [5, 5.41) is 7.71. The number of hydrogen-bond acceptors (Lipinski definition) is 5. The van der Waals surface area contributed by atoms with Crippen LogP contribution in [0, 0.1) is 0 Å². The molecule has 0 amide bonds. The van der Waals surface area contributed by atoms with Gasteiger partial charge in [0, 0.05) is 23.8 Å². The third kappa shape index (κ3) is 4.22. The molecule has 0 radical (unpaired) electrons. The van der Waals surface area contributed by atoms with E-state index in [0.717, 1.165) is 19.3 Å². The van der Waals surface area contributed by atoms with E-state index in [0.29, 0.717) is 29.5 Å². The molecule has 4 rings (SSSR count). The van der Waals surface area contributed by atoms with Crippen LogP contribution < -0.4 is 10.3 Å². The van der Waals surface area contributed by atoms with E-state index in [1.54, 1.807) is 49.2 Å². The fourth-order valence-corrected chi connectivity index (χ4v) is 5.73. The van der Waals surface area contributed by atoms with Gasteiger partial charge in [-0.3, -0.25) is 4.79 Å². The summed E-state index contributed by atoms with van der Waals surface area (Å²) < 4.78 is 31.2. The highest BCUT2D eigenvalue weighted by molar-refractivity contribution is 7.89. The smallest absolute Gasteiger partial charge is 0.255 e. The molecule has 158 valence electrons. The van der Waals surface area contributed by atoms with E-state index < -0.39 is 10.0 Å². The van der Waals surface area contributed by atoms with Crippen LogP contribution in [0.25, 0.3) is 11.1 Å². The molecule has 0 aliphatic heterocycles. The molecule has 8 nitrogen and oxygen atoms in total. The Kier molecular flexibility index (Phi) is 5.83. The van der Waals surface area contributed by atoms with Gasteiger partial charge in [-0.1, -0.05) is 13.0 Å². The number of nitrogens with one attached hydrogen (secondary N) is 2. The molecule has 0 bridgehead atoms. The van der Waals surface area contributed by atoms with E-state index in [9.17, 15) is 13.2 Å². The lowest BCUT2D eigenvalue weighted by Gasteiger charge is -2.30. The number of aromatic nitrogens is 4. The van der Waals surface area contributed by atoms with Crippen molar-refractivity contribution < 1.29 is 8.42 Å². The zero-order valence-electron chi connectivity index (χ0n) is 16.8. The third-order valence-electron chi connectivity index (χ3n) is 5.69. The van der Waals surface area contributed by atoms with Crippen molar-refractivity contribution in [2.75, 3.05) is 0 Å². The van der Waals surface area contributed by atoms with Crippen molar-refractivity contribution in [3.63, 3.8) is 0 Å². The number of hydrogen-bond donors (Lipinski definition) is 2. The average molecular weight is 428 g/mol. The monoisotopic (exact) mass is 427 g/mol. The van der Waals surface area contributed by atoms with Gasteiger partial charge in [0.05, 0.1) is 4.90 Å². The number of benzene rings is 1.